The second-order valence-electron chi connectivity index (χ2n) is 2.75. The van der Waals surface area contributed by atoms with E-state index in [4.69, 9.17) is 5.11 Å². The van der Waals surface area contributed by atoms with Crippen LogP contribution in [0.4, 0.5) is 8.78 Å². The van der Waals surface area contributed by atoms with Gasteiger partial charge in [0.25, 0.3) is 0 Å². The van der Waals surface area contributed by atoms with Gasteiger partial charge in [0, 0.05) is 16.5 Å². The number of aliphatic hydroxyl groups excluding tert-OH is 1. The van der Waals surface area contributed by atoms with Gasteiger partial charge in [0.1, 0.15) is 0 Å². The van der Waals surface area contributed by atoms with Crippen molar-refractivity contribution in [2.75, 3.05) is 0 Å². The molecule has 1 atom stereocenters. The molecule has 72 valence electrons. The van der Waals surface area contributed by atoms with E-state index in [1.165, 1.54) is 19.1 Å². The topological polar surface area (TPSA) is 20.2 Å². The number of hydrogen-bond acceptors (Lipinski definition) is 1. The molecular weight excluding hydrogens is 242 g/mol. The Morgan fingerprint density at radius 1 is 1.38 bits per heavy atom. The lowest BCUT2D eigenvalue weighted by Gasteiger charge is -2.08. The summed E-state index contributed by atoms with van der Waals surface area (Å²) in [6, 6.07) is 2.84. The zero-order valence-electron chi connectivity index (χ0n) is 7.02. The molecule has 0 aromatic heterocycles. The molecule has 0 amide bonds. The van der Waals surface area contributed by atoms with Gasteiger partial charge in [-0.2, -0.15) is 0 Å². The summed E-state index contributed by atoms with van der Waals surface area (Å²) in [6.07, 6.45) is -0.987. The summed E-state index contributed by atoms with van der Waals surface area (Å²) in [4.78, 5) is 0. The molecule has 0 radical (unpaired) electrons. The van der Waals surface area contributed by atoms with Crippen LogP contribution in [0.1, 0.15) is 24.2 Å². The maximum Gasteiger partial charge on any atom is 0.164 e. The Bertz CT molecular complexity index is 313. The fraction of sp³-hybridized carbons (Fsp3) is 0.333. The van der Waals surface area contributed by atoms with E-state index in [0.717, 1.165) is 0 Å². The van der Waals surface area contributed by atoms with Gasteiger partial charge in [0.2, 0.25) is 0 Å². The molecule has 0 heterocycles. The lowest BCUT2D eigenvalue weighted by atomic mass is 10.1. The first kappa shape index (κ1) is 10.6. The first-order chi connectivity index (χ1) is 6.07. The molecular formula is C9H9BrF2O. The summed E-state index contributed by atoms with van der Waals surface area (Å²) in [5.41, 5.74) is 0.240. The Hall–Kier alpha value is -0.480. The molecule has 0 fully saturated rings. The average molecular weight is 251 g/mol. The fourth-order valence-electron chi connectivity index (χ4n) is 1.03. The summed E-state index contributed by atoms with van der Waals surface area (Å²) in [5.74, 6) is -1.86. The molecule has 0 saturated heterocycles. The first-order valence-electron chi connectivity index (χ1n) is 3.78. The van der Waals surface area contributed by atoms with Crippen molar-refractivity contribution >= 4 is 15.9 Å². The predicted octanol–water partition coefficient (Wildman–Crippen LogP) is 2.91. The second-order valence-corrected chi connectivity index (χ2v) is 3.31. The Balaban J connectivity index is 3.23. The van der Waals surface area contributed by atoms with Gasteiger partial charge < -0.3 is 5.11 Å². The third-order valence-electron chi connectivity index (χ3n) is 1.79. The summed E-state index contributed by atoms with van der Waals surface area (Å²) >= 11 is 3.03. The second kappa shape index (κ2) is 4.15. The molecule has 0 saturated carbocycles. The van der Waals surface area contributed by atoms with Gasteiger partial charge in [-0.15, -0.1) is 0 Å². The normalized spacial score (nSPS) is 13.0. The SMILES string of the molecule is CC(O)c1ccc(CBr)c(F)c1F. The minimum absolute atomic E-state index is 0.0119. The zero-order valence-corrected chi connectivity index (χ0v) is 8.61. The van der Waals surface area contributed by atoms with Crippen molar-refractivity contribution in [3.8, 4) is 0 Å². The van der Waals surface area contributed by atoms with Crippen LogP contribution in [0.5, 0.6) is 0 Å². The van der Waals surface area contributed by atoms with Crippen LogP contribution in [0.25, 0.3) is 0 Å². The molecule has 1 N–H and O–H groups in total. The summed E-state index contributed by atoms with van der Waals surface area (Å²) in [5, 5.41) is 9.33. The zero-order chi connectivity index (χ0) is 10.0. The molecule has 1 aromatic rings. The molecule has 1 nitrogen and oxygen atoms in total. The van der Waals surface area contributed by atoms with Crippen LogP contribution in [-0.4, -0.2) is 5.11 Å². The number of alkyl halides is 1. The highest BCUT2D eigenvalue weighted by Gasteiger charge is 2.15. The van der Waals surface area contributed by atoms with Gasteiger partial charge in [0.05, 0.1) is 6.10 Å². The van der Waals surface area contributed by atoms with Crippen molar-refractivity contribution in [3.05, 3.63) is 34.9 Å². The molecule has 0 aliphatic heterocycles. The largest absolute Gasteiger partial charge is 0.389 e. The molecule has 1 rings (SSSR count). The summed E-state index contributed by atoms with van der Waals surface area (Å²) in [6.45, 7) is 1.39. The van der Waals surface area contributed by atoms with E-state index in [-0.39, 0.29) is 16.5 Å². The Morgan fingerprint density at radius 2 is 2.00 bits per heavy atom. The van der Waals surface area contributed by atoms with Crippen molar-refractivity contribution in [3.63, 3.8) is 0 Å². The molecule has 0 aliphatic carbocycles. The summed E-state index contributed by atoms with van der Waals surface area (Å²) in [7, 11) is 0. The summed E-state index contributed by atoms with van der Waals surface area (Å²) < 4.78 is 26.3. The molecule has 4 heteroatoms. The maximum absolute atomic E-state index is 13.1. The van der Waals surface area contributed by atoms with E-state index in [1.807, 2.05) is 0 Å². The lowest BCUT2D eigenvalue weighted by Crippen LogP contribution is -2.01. The number of aliphatic hydroxyl groups is 1. The molecule has 0 bridgehead atoms. The van der Waals surface area contributed by atoms with Gasteiger partial charge in [-0.3, -0.25) is 0 Å². The standard InChI is InChI=1S/C9H9BrF2O/c1-5(13)7-3-2-6(4-10)8(11)9(7)12/h2-3,5,13H,4H2,1H3. The van der Waals surface area contributed by atoms with E-state index in [2.05, 4.69) is 15.9 Å². The van der Waals surface area contributed by atoms with E-state index in [0.29, 0.717) is 0 Å². The minimum Gasteiger partial charge on any atom is -0.389 e. The van der Waals surface area contributed by atoms with Gasteiger partial charge in [-0.25, -0.2) is 8.78 Å². The van der Waals surface area contributed by atoms with Crippen LogP contribution in [0, 0.1) is 11.6 Å². The van der Waals surface area contributed by atoms with Gasteiger partial charge in [0.15, 0.2) is 11.6 Å². The van der Waals surface area contributed by atoms with E-state index >= 15 is 0 Å². The van der Waals surface area contributed by atoms with Crippen LogP contribution in [0.2, 0.25) is 0 Å². The number of halogens is 3. The number of hydrogen-bond donors (Lipinski definition) is 1. The first-order valence-corrected chi connectivity index (χ1v) is 4.91. The molecule has 0 aliphatic rings. The highest BCUT2D eigenvalue weighted by Crippen LogP contribution is 2.22. The van der Waals surface area contributed by atoms with Crippen LogP contribution < -0.4 is 0 Å². The van der Waals surface area contributed by atoms with Crippen LogP contribution >= 0.6 is 15.9 Å². The number of benzene rings is 1. The molecule has 1 aromatic carbocycles. The average Bonchev–Trinajstić information content (AvgIpc) is 2.09. The Kier molecular flexibility index (Phi) is 3.39. The van der Waals surface area contributed by atoms with E-state index in [1.54, 1.807) is 0 Å². The monoisotopic (exact) mass is 250 g/mol. The highest BCUT2D eigenvalue weighted by molar-refractivity contribution is 9.08. The molecule has 13 heavy (non-hydrogen) atoms. The maximum atomic E-state index is 13.1. The van der Waals surface area contributed by atoms with Crippen molar-refractivity contribution in [2.45, 2.75) is 18.4 Å². The third kappa shape index (κ3) is 2.06. The van der Waals surface area contributed by atoms with Crippen molar-refractivity contribution in [1.82, 2.24) is 0 Å². The Morgan fingerprint density at radius 3 is 2.46 bits per heavy atom. The van der Waals surface area contributed by atoms with Gasteiger partial charge in [-0.1, -0.05) is 28.1 Å². The lowest BCUT2D eigenvalue weighted by molar-refractivity contribution is 0.192. The van der Waals surface area contributed by atoms with Crippen molar-refractivity contribution in [1.29, 1.82) is 0 Å². The quantitative estimate of drug-likeness (QED) is 0.801. The Labute approximate surface area is 83.5 Å². The van der Waals surface area contributed by atoms with Gasteiger partial charge in [-0.05, 0) is 6.92 Å². The smallest absolute Gasteiger partial charge is 0.164 e. The minimum atomic E-state index is -0.987. The predicted molar refractivity (Wildman–Crippen MR) is 49.6 cm³/mol. The van der Waals surface area contributed by atoms with Crippen molar-refractivity contribution < 1.29 is 13.9 Å². The number of rotatable bonds is 2. The molecule has 1 unspecified atom stereocenters. The van der Waals surface area contributed by atoms with Crippen LogP contribution in [-0.2, 0) is 5.33 Å². The van der Waals surface area contributed by atoms with E-state index in [9.17, 15) is 8.78 Å². The van der Waals surface area contributed by atoms with Crippen LogP contribution in [0.3, 0.4) is 0 Å². The third-order valence-corrected chi connectivity index (χ3v) is 2.39. The fourth-order valence-corrected chi connectivity index (χ4v) is 1.46. The highest BCUT2D eigenvalue weighted by atomic mass is 79.9. The molecule has 0 spiro atoms. The van der Waals surface area contributed by atoms with Gasteiger partial charge >= 0.3 is 0 Å². The van der Waals surface area contributed by atoms with E-state index < -0.39 is 17.7 Å². The van der Waals surface area contributed by atoms with Crippen LogP contribution in [0.15, 0.2) is 12.1 Å². The van der Waals surface area contributed by atoms with Crippen molar-refractivity contribution in [2.24, 2.45) is 0 Å².